The summed E-state index contributed by atoms with van der Waals surface area (Å²) in [7, 11) is -1.13. The lowest BCUT2D eigenvalue weighted by atomic mass is 10.1. The zero-order chi connectivity index (χ0) is 20.5. The van der Waals surface area contributed by atoms with Crippen molar-refractivity contribution in [1.29, 1.82) is 0 Å². The lowest BCUT2D eigenvalue weighted by Gasteiger charge is -2.38. The Kier molecular flexibility index (Phi) is 6.36. The summed E-state index contributed by atoms with van der Waals surface area (Å²) in [5.74, 6) is -1.33. The van der Waals surface area contributed by atoms with E-state index in [-0.39, 0.29) is 36.0 Å². The van der Waals surface area contributed by atoms with E-state index in [1.165, 1.54) is 6.07 Å². The van der Waals surface area contributed by atoms with Crippen LogP contribution < -0.4 is 0 Å². The molecule has 0 N–H and O–H groups in total. The number of rotatable bonds is 5. The summed E-state index contributed by atoms with van der Waals surface area (Å²) in [4.78, 5) is 18.4. The second-order valence-electron chi connectivity index (χ2n) is 7.74. The van der Waals surface area contributed by atoms with Gasteiger partial charge in [0.05, 0.1) is 18.1 Å². The van der Waals surface area contributed by atoms with E-state index >= 15 is 0 Å². The number of halogens is 2. The minimum Gasteiger partial charge on any atom is -0.339 e. The largest absolute Gasteiger partial charge is 0.339 e. The van der Waals surface area contributed by atoms with E-state index in [9.17, 15) is 22.0 Å². The number of carbonyl (C=O) groups is 1. The number of carbonyl (C=O) groups excluding carboxylic acids is 1. The molecule has 0 bridgehead atoms. The molecule has 1 aromatic carbocycles. The minimum absolute atomic E-state index is 0.0179. The first kappa shape index (κ1) is 21.1. The predicted octanol–water partition coefficient (Wildman–Crippen LogP) is 1.29. The van der Waals surface area contributed by atoms with E-state index in [4.69, 9.17) is 0 Å². The quantitative estimate of drug-likeness (QED) is 0.725. The van der Waals surface area contributed by atoms with Crippen molar-refractivity contribution < 1.29 is 22.0 Å². The number of likely N-dealkylation sites (N-methyl/N-ethyl adjacent to an activating group) is 1. The van der Waals surface area contributed by atoms with Gasteiger partial charge in [0.15, 0.2) is 21.5 Å². The summed E-state index contributed by atoms with van der Waals surface area (Å²) >= 11 is 0. The molecule has 0 radical (unpaired) electrons. The molecule has 2 fully saturated rings. The summed E-state index contributed by atoms with van der Waals surface area (Å²) in [6.07, 6.45) is 0.671. The molecule has 6 nitrogen and oxygen atoms in total. The molecule has 2 aliphatic rings. The van der Waals surface area contributed by atoms with Crippen molar-refractivity contribution in [3.63, 3.8) is 0 Å². The standard InChI is InChI=1S/C19H27F2N3O3S/c1-14(15-3-4-17(20)18(21)11-15)22(2)12-19(25)24-8-6-23(7-9-24)16-5-10-28(26,27)13-16/h3-4,11,14,16H,5-10,12-13H2,1-2H3. The van der Waals surface area contributed by atoms with Gasteiger partial charge in [0.25, 0.3) is 0 Å². The highest BCUT2D eigenvalue weighted by Crippen LogP contribution is 2.22. The van der Waals surface area contributed by atoms with Crippen LogP contribution in [0.3, 0.4) is 0 Å². The maximum atomic E-state index is 13.5. The van der Waals surface area contributed by atoms with E-state index < -0.39 is 21.5 Å². The van der Waals surface area contributed by atoms with Crippen LogP contribution in [0.15, 0.2) is 18.2 Å². The normalized spacial score (nSPS) is 23.9. The summed E-state index contributed by atoms with van der Waals surface area (Å²) in [6.45, 7) is 4.52. The van der Waals surface area contributed by atoms with Gasteiger partial charge in [0.1, 0.15) is 0 Å². The van der Waals surface area contributed by atoms with E-state index in [2.05, 4.69) is 4.90 Å². The maximum Gasteiger partial charge on any atom is 0.236 e. The van der Waals surface area contributed by atoms with Crippen LogP contribution in [0.1, 0.15) is 24.9 Å². The Hall–Kier alpha value is -1.58. The molecule has 2 heterocycles. The van der Waals surface area contributed by atoms with Gasteiger partial charge >= 0.3 is 0 Å². The van der Waals surface area contributed by atoms with Crippen LogP contribution in [0.5, 0.6) is 0 Å². The first-order valence-corrected chi connectivity index (χ1v) is 11.4. The van der Waals surface area contributed by atoms with Crippen LogP contribution in [-0.2, 0) is 14.6 Å². The zero-order valence-corrected chi connectivity index (χ0v) is 17.1. The molecule has 0 aromatic heterocycles. The number of benzene rings is 1. The monoisotopic (exact) mass is 415 g/mol. The van der Waals surface area contributed by atoms with Crippen LogP contribution >= 0.6 is 0 Å². The number of hydrogen-bond donors (Lipinski definition) is 0. The van der Waals surface area contributed by atoms with Crippen molar-refractivity contribution >= 4 is 15.7 Å². The van der Waals surface area contributed by atoms with E-state index in [1.54, 1.807) is 11.9 Å². The lowest BCUT2D eigenvalue weighted by molar-refractivity contribution is -0.134. The van der Waals surface area contributed by atoms with Gasteiger partial charge in [-0.15, -0.1) is 0 Å². The Balaban J connectivity index is 1.50. The van der Waals surface area contributed by atoms with Gasteiger partial charge < -0.3 is 4.90 Å². The van der Waals surface area contributed by atoms with Crippen molar-refractivity contribution in [2.75, 3.05) is 51.3 Å². The lowest BCUT2D eigenvalue weighted by Crippen LogP contribution is -2.53. The highest BCUT2D eigenvalue weighted by molar-refractivity contribution is 7.91. The third-order valence-corrected chi connectivity index (χ3v) is 7.61. The van der Waals surface area contributed by atoms with Crippen molar-refractivity contribution in [1.82, 2.24) is 14.7 Å². The van der Waals surface area contributed by atoms with Crippen molar-refractivity contribution in [2.45, 2.75) is 25.4 Å². The molecule has 156 valence electrons. The van der Waals surface area contributed by atoms with Crippen LogP contribution in [0.25, 0.3) is 0 Å². The number of hydrogen-bond acceptors (Lipinski definition) is 5. The summed E-state index contributed by atoms with van der Waals surface area (Å²) in [5, 5.41) is 0. The summed E-state index contributed by atoms with van der Waals surface area (Å²) < 4.78 is 49.9. The Labute approximate surface area is 165 Å². The first-order chi connectivity index (χ1) is 13.2. The zero-order valence-electron chi connectivity index (χ0n) is 16.3. The third-order valence-electron chi connectivity index (χ3n) is 5.86. The average molecular weight is 416 g/mol. The van der Waals surface area contributed by atoms with Crippen molar-refractivity contribution in [2.24, 2.45) is 0 Å². The van der Waals surface area contributed by atoms with Gasteiger partial charge in [0.2, 0.25) is 5.91 Å². The first-order valence-electron chi connectivity index (χ1n) is 9.54. The second-order valence-corrected chi connectivity index (χ2v) is 9.97. The fourth-order valence-electron chi connectivity index (χ4n) is 3.88. The molecular weight excluding hydrogens is 388 g/mol. The molecule has 0 saturated carbocycles. The van der Waals surface area contributed by atoms with Gasteiger partial charge in [-0.05, 0) is 38.1 Å². The number of amides is 1. The van der Waals surface area contributed by atoms with E-state index in [0.29, 0.717) is 38.2 Å². The van der Waals surface area contributed by atoms with Gasteiger partial charge in [0, 0.05) is 38.3 Å². The molecule has 2 unspecified atom stereocenters. The minimum atomic E-state index is -2.91. The van der Waals surface area contributed by atoms with Gasteiger partial charge in [-0.25, -0.2) is 17.2 Å². The third kappa shape index (κ3) is 4.87. The van der Waals surface area contributed by atoms with Crippen molar-refractivity contribution in [3.05, 3.63) is 35.4 Å². The fraction of sp³-hybridized carbons (Fsp3) is 0.632. The molecule has 0 aliphatic carbocycles. The maximum absolute atomic E-state index is 13.5. The Bertz CT molecular complexity index is 826. The number of piperazine rings is 1. The van der Waals surface area contributed by atoms with Gasteiger partial charge in [-0.3, -0.25) is 14.6 Å². The number of sulfone groups is 1. The molecule has 2 atom stereocenters. The molecule has 0 spiro atoms. The van der Waals surface area contributed by atoms with Crippen LogP contribution in [0.2, 0.25) is 0 Å². The highest BCUT2D eigenvalue weighted by Gasteiger charge is 2.34. The highest BCUT2D eigenvalue weighted by atomic mass is 32.2. The Morgan fingerprint density at radius 1 is 1.21 bits per heavy atom. The van der Waals surface area contributed by atoms with Crippen LogP contribution in [0.4, 0.5) is 8.78 Å². The molecule has 28 heavy (non-hydrogen) atoms. The smallest absolute Gasteiger partial charge is 0.236 e. The van der Waals surface area contributed by atoms with E-state index in [0.717, 1.165) is 12.1 Å². The van der Waals surface area contributed by atoms with Gasteiger partial charge in [-0.2, -0.15) is 0 Å². The van der Waals surface area contributed by atoms with Crippen LogP contribution in [-0.4, -0.2) is 86.3 Å². The van der Waals surface area contributed by atoms with Gasteiger partial charge in [-0.1, -0.05) is 6.07 Å². The Morgan fingerprint density at radius 2 is 1.89 bits per heavy atom. The average Bonchev–Trinajstić information content (AvgIpc) is 3.03. The molecule has 2 aliphatic heterocycles. The van der Waals surface area contributed by atoms with Crippen LogP contribution in [0, 0.1) is 11.6 Å². The summed E-state index contributed by atoms with van der Waals surface area (Å²) in [6, 6.07) is 3.62. The molecule has 1 amide bonds. The number of nitrogens with zero attached hydrogens (tertiary/aromatic N) is 3. The summed E-state index contributed by atoms with van der Waals surface area (Å²) in [5.41, 5.74) is 0.612. The second kappa shape index (κ2) is 8.42. The Morgan fingerprint density at radius 3 is 2.46 bits per heavy atom. The SMILES string of the molecule is CC(c1ccc(F)c(F)c1)N(C)CC(=O)N1CCN(C2CCS(=O)(=O)C2)CC1. The molecule has 9 heteroatoms. The molecule has 3 rings (SSSR count). The van der Waals surface area contributed by atoms with E-state index in [1.807, 2.05) is 11.8 Å². The molecule has 2 saturated heterocycles. The predicted molar refractivity (Wildman–Crippen MR) is 103 cm³/mol. The van der Waals surface area contributed by atoms with Crippen molar-refractivity contribution in [3.8, 4) is 0 Å². The molecular formula is C19H27F2N3O3S. The molecule has 1 aromatic rings. The fourth-order valence-corrected chi connectivity index (χ4v) is 5.64. The topological polar surface area (TPSA) is 60.9 Å².